The van der Waals surface area contributed by atoms with Crippen molar-refractivity contribution >= 4 is 23.3 Å². The van der Waals surface area contributed by atoms with Crippen LogP contribution in [0.1, 0.15) is 30.9 Å². The van der Waals surface area contributed by atoms with Crippen LogP contribution < -0.4 is 10.2 Å². The minimum Gasteiger partial charge on any atom is -0.466 e. The quantitative estimate of drug-likeness (QED) is 0.445. The van der Waals surface area contributed by atoms with E-state index in [-0.39, 0.29) is 35.7 Å². The number of hydrogen-bond donors (Lipinski definition) is 2. The van der Waals surface area contributed by atoms with Crippen LogP contribution in [0, 0.1) is 29.9 Å². The maximum atomic E-state index is 12.3. The molecule has 1 saturated heterocycles. The van der Waals surface area contributed by atoms with Gasteiger partial charge in [-0.2, -0.15) is 0 Å². The molecular formula is C18H26N3O5+. The van der Waals surface area contributed by atoms with Crippen molar-refractivity contribution in [1.29, 1.82) is 0 Å². The van der Waals surface area contributed by atoms with Crippen LogP contribution >= 0.6 is 0 Å². The van der Waals surface area contributed by atoms with E-state index in [1.54, 1.807) is 19.9 Å². The van der Waals surface area contributed by atoms with E-state index in [2.05, 4.69) is 5.32 Å². The molecule has 8 heteroatoms. The molecule has 1 aliphatic heterocycles. The normalized spacial score (nSPS) is 19.7. The van der Waals surface area contributed by atoms with Crippen molar-refractivity contribution in [3.8, 4) is 0 Å². The Bertz CT molecular complexity index is 696. The van der Waals surface area contributed by atoms with Gasteiger partial charge in [-0.15, -0.1) is 0 Å². The van der Waals surface area contributed by atoms with Crippen molar-refractivity contribution in [3.05, 3.63) is 33.4 Å². The van der Waals surface area contributed by atoms with E-state index in [0.29, 0.717) is 32.5 Å². The molecule has 2 N–H and O–H groups in total. The highest BCUT2D eigenvalue weighted by Crippen LogP contribution is 2.27. The number of ether oxygens (including phenoxy) is 1. The van der Waals surface area contributed by atoms with Gasteiger partial charge >= 0.3 is 5.97 Å². The first kappa shape index (κ1) is 19.8. The lowest BCUT2D eigenvalue weighted by Crippen LogP contribution is -3.14. The second kappa shape index (κ2) is 8.75. The lowest BCUT2D eigenvalue weighted by molar-refractivity contribution is -0.897. The molecule has 1 heterocycles. The SMILES string of the molecule is CCOC(=O)C1CC[NH+](CC(=O)Nc2cc(C)c(C)cc2[N+](=O)[O-])CC1. The first-order valence-electron chi connectivity index (χ1n) is 8.87. The Morgan fingerprint density at radius 2 is 1.88 bits per heavy atom. The zero-order valence-corrected chi connectivity index (χ0v) is 15.5. The first-order chi connectivity index (χ1) is 12.3. The number of nitro groups is 1. The first-order valence-corrected chi connectivity index (χ1v) is 8.87. The largest absolute Gasteiger partial charge is 0.466 e. The molecule has 1 aromatic carbocycles. The third-order valence-electron chi connectivity index (χ3n) is 4.81. The van der Waals surface area contributed by atoms with E-state index in [1.165, 1.54) is 6.07 Å². The van der Waals surface area contributed by atoms with Crippen molar-refractivity contribution < 1.29 is 24.1 Å². The zero-order valence-electron chi connectivity index (χ0n) is 15.5. The van der Waals surface area contributed by atoms with Gasteiger partial charge in [-0.3, -0.25) is 19.7 Å². The van der Waals surface area contributed by atoms with Crippen molar-refractivity contribution in [2.24, 2.45) is 5.92 Å². The number of hydrogen-bond acceptors (Lipinski definition) is 5. The Hall–Kier alpha value is -2.48. The molecule has 0 unspecified atom stereocenters. The van der Waals surface area contributed by atoms with Crippen LogP contribution in [0.3, 0.4) is 0 Å². The maximum absolute atomic E-state index is 12.3. The number of nitrogens with one attached hydrogen (secondary N) is 2. The number of aryl methyl sites for hydroxylation is 2. The Kier molecular flexibility index (Phi) is 6.68. The molecule has 142 valence electrons. The third-order valence-corrected chi connectivity index (χ3v) is 4.81. The summed E-state index contributed by atoms with van der Waals surface area (Å²) < 4.78 is 5.04. The smallest absolute Gasteiger partial charge is 0.309 e. The molecule has 1 fully saturated rings. The van der Waals surface area contributed by atoms with E-state index < -0.39 is 4.92 Å². The van der Waals surface area contributed by atoms with Gasteiger partial charge in [0.1, 0.15) is 5.69 Å². The highest BCUT2D eigenvalue weighted by molar-refractivity contribution is 5.94. The Morgan fingerprint density at radius 1 is 1.27 bits per heavy atom. The molecular weight excluding hydrogens is 338 g/mol. The van der Waals surface area contributed by atoms with Crippen LogP contribution in [0.25, 0.3) is 0 Å². The van der Waals surface area contributed by atoms with Gasteiger partial charge < -0.3 is 15.0 Å². The van der Waals surface area contributed by atoms with Crippen molar-refractivity contribution in [2.45, 2.75) is 33.6 Å². The summed E-state index contributed by atoms with van der Waals surface area (Å²) in [7, 11) is 0. The van der Waals surface area contributed by atoms with Crippen LogP contribution in [0.15, 0.2) is 12.1 Å². The summed E-state index contributed by atoms with van der Waals surface area (Å²) in [5.41, 5.74) is 1.82. The lowest BCUT2D eigenvalue weighted by atomic mass is 9.97. The zero-order chi connectivity index (χ0) is 19.3. The average Bonchev–Trinajstić information content (AvgIpc) is 2.58. The molecule has 26 heavy (non-hydrogen) atoms. The maximum Gasteiger partial charge on any atom is 0.309 e. The van der Waals surface area contributed by atoms with E-state index in [0.717, 1.165) is 16.0 Å². The highest BCUT2D eigenvalue weighted by Gasteiger charge is 2.29. The monoisotopic (exact) mass is 364 g/mol. The minimum absolute atomic E-state index is 0.0948. The minimum atomic E-state index is -0.486. The predicted octanol–water partition coefficient (Wildman–Crippen LogP) is 1.01. The molecule has 0 radical (unpaired) electrons. The standard InChI is InChI=1S/C18H25N3O5/c1-4-26-18(23)14-5-7-20(8-6-14)11-17(22)19-15-9-12(2)13(3)10-16(15)21(24)25/h9-10,14H,4-8,11H2,1-3H3,(H,19,22)/p+1. The molecule has 8 nitrogen and oxygen atoms in total. The molecule has 2 rings (SSSR count). The summed E-state index contributed by atoms with van der Waals surface area (Å²) in [5, 5.41) is 13.9. The number of rotatable bonds is 6. The molecule has 1 amide bonds. The van der Waals surface area contributed by atoms with Gasteiger partial charge in [0, 0.05) is 18.9 Å². The average molecular weight is 364 g/mol. The second-order valence-corrected chi connectivity index (χ2v) is 6.71. The van der Waals surface area contributed by atoms with E-state index in [9.17, 15) is 19.7 Å². The van der Waals surface area contributed by atoms with Crippen molar-refractivity contribution in [2.75, 3.05) is 31.6 Å². The van der Waals surface area contributed by atoms with Crippen molar-refractivity contribution in [3.63, 3.8) is 0 Å². The number of carbonyl (C=O) groups excluding carboxylic acids is 2. The number of esters is 1. The number of benzene rings is 1. The third kappa shape index (κ3) is 5.01. The predicted molar refractivity (Wildman–Crippen MR) is 96.1 cm³/mol. The van der Waals surface area contributed by atoms with E-state index in [1.807, 2.05) is 6.92 Å². The molecule has 0 bridgehead atoms. The van der Waals surface area contributed by atoms with Gasteiger partial charge in [0.05, 0.1) is 30.5 Å². The number of quaternary nitrogens is 1. The second-order valence-electron chi connectivity index (χ2n) is 6.71. The molecule has 0 atom stereocenters. The van der Waals surface area contributed by atoms with Gasteiger partial charge in [0.2, 0.25) is 0 Å². The Balaban J connectivity index is 1.93. The number of anilines is 1. The van der Waals surface area contributed by atoms with Gasteiger partial charge in [-0.25, -0.2) is 0 Å². The summed E-state index contributed by atoms with van der Waals surface area (Å²) in [4.78, 5) is 35.9. The van der Waals surface area contributed by atoms with Gasteiger partial charge in [-0.05, 0) is 38.0 Å². The number of nitrogens with zero attached hydrogens (tertiary/aromatic N) is 1. The summed E-state index contributed by atoms with van der Waals surface area (Å²) in [6.07, 6.45) is 1.37. The summed E-state index contributed by atoms with van der Waals surface area (Å²) in [6, 6.07) is 3.11. The molecule has 0 aromatic heterocycles. The molecule has 1 aromatic rings. The topological polar surface area (TPSA) is 103 Å². The van der Waals surface area contributed by atoms with Crippen molar-refractivity contribution in [1.82, 2.24) is 0 Å². The van der Waals surface area contributed by atoms with E-state index >= 15 is 0 Å². The number of nitro benzene ring substituents is 1. The molecule has 0 saturated carbocycles. The van der Waals surface area contributed by atoms with Gasteiger partial charge in [0.25, 0.3) is 11.6 Å². The molecule has 0 spiro atoms. The van der Waals surface area contributed by atoms with Gasteiger partial charge in [0.15, 0.2) is 6.54 Å². The fourth-order valence-corrected chi connectivity index (χ4v) is 3.17. The van der Waals surface area contributed by atoms with Crippen LogP contribution in [0.4, 0.5) is 11.4 Å². The van der Waals surface area contributed by atoms with Crippen LogP contribution in [-0.2, 0) is 14.3 Å². The number of amides is 1. The van der Waals surface area contributed by atoms with E-state index in [4.69, 9.17) is 4.74 Å². The fraction of sp³-hybridized carbons (Fsp3) is 0.556. The summed E-state index contributed by atoms with van der Waals surface area (Å²) in [5.74, 6) is -0.523. The van der Waals surface area contributed by atoms with Crippen LogP contribution in [0.5, 0.6) is 0 Å². The Labute approximate surface area is 152 Å². The molecule has 1 aliphatic rings. The number of piperidine rings is 1. The van der Waals surface area contributed by atoms with Crippen LogP contribution in [-0.4, -0.2) is 43.0 Å². The highest BCUT2D eigenvalue weighted by atomic mass is 16.6. The number of carbonyl (C=O) groups is 2. The Morgan fingerprint density at radius 3 is 2.46 bits per heavy atom. The number of likely N-dealkylation sites (tertiary alicyclic amines) is 1. The summed E-state index contributed by atoms with van der Waals surface area (Å²) in [6.45, 7) is 7.43. The molecule has 0 aliphatic carbocycles. The van der Waals surface area contributed by atoms with Gasteiger partial charge in [-0.1, -0.05) is 0 Å². The fourth-order valence-electron chi connectivity index (χ4n) is 3.17. The lowest BCUT2D eigenvalue weighted by Gasteiger charge is -2.27. The summed E-state index contributed by atoms with van der Waals surface area (Å²) >= 11 is 0. The van der Waals surface area contributed by atoms with Crippen LogP contribution in [0.2, 0.25) is 0 Å².